The molecule has 72 valence electrons. The molecule has 0 aliphatic rings. The number of hydrogen-bond donors (Lipinski definition) is 0. The van der Waals surface area contributed by atoms with E-state index in [4.69, 9.17) is 34.8 Å². The summed E-state index contributed by atoms with van der Waals surface area (Å²) in [6.45, 7) is 0. The van der Waals surface area contributed by atoms with Gasteiger partial charge in [0.2, 0.25) is 0 Å². The molecule has 0 bridgehead atoms. The second-order valence-electron chi connectivity index (χ2n) is 2.47. The third-order valence-electron chi connectivity index (χ3n) is 1.56. The van der Waals surface area contributed by atoms with E-state index in [1.165, 1.54) is 11.5 Å². The summed E-state index contributed by atoms with van der Waals surface area (Å²) in [5.41, 5.74) is 0.614. The fraction of sp³-hybridized carbons (Fsp3) is 0. The summed E-state index contributed by atoms with van der Waals surface area (Å²) in [6, 6.07) is 3.40. The first-order valence-corrected chi connectivity index (χ1v) is 5.52. The molecule has 2 aromatic rings. The van der Waals surface area contributed by atoms with Crippen molar-refractivity contribution in [2.24, 2.45) is 0 Å². The average molecular weight is 266 g/mol. The van der Waals surface area contributed by atoms with E-state index in [2.05, 4.69) is 9.36 Å². The van der Waals surface area contributed by atoms with Crippen LogP contribution in [-0.2, 0) is 0 Å². The van der Waals surface area contributed by atoms with Crippen LogP contribution >= 0.6 is 46.3 Å². The molecule has 2 aromatic heterocycles. The van der Waals surface area contributed by atoms with Crippen molar-refractivity contribution in [3.05, 3.63) is 33.5 Å². The van der Waals surface area contributed by atoms with Crippen molar-refractivity contribution < 1.29 is 0 Å². The van der Waals surface area contributed by atoms with Crippen LogP contribution in [0, 0.1) is 0 Å². The van der Waals surface area contributed by atoms with Gasteiger partial charge in [0, 0.05) is 6.20 Å². The van der Waals surface area contributed by atoms with Gasteiger partial charge in [-0.3, -0.25) is 0 Å². The van der Waals surface area contributed by atoms with Crippen molar-refractivity contribution in [2.75, 3.05) is 0 Å². The summed E-state index contributed by atoms with van der Waals surface area (Å²) in [5.74, 6) is 0. The van der Waals surface area contributed by atoms with E-state index >= 15 is 0 Å². The highest BCUT2D eigenvalue weighted by molar-refractivity contribution is 7.09. The molecule has 0 saturated heterocycles. The summed E-state index contributed by atoms with van der Waals surface area (Å²) in [5, 5.41) is 1.08. The highest BCUT2D eigenvalue weighted by atomic mass is 35.5. The smallest absolute Gasteiger partial charge is 0.148 e. The number of nitrogens with zero attached hydrogens (tertiary/aromatic N) is 2. The lowest BCUT2D eigenvalue weighted by Crippen LogP contribution is -1.84. The van der Waals surface area contributed by atoms with Gasteiger partial charge in [-0.15, -0.1) is 0 Å². The Labute approximate surface area is 99.6 Å². The molecule has 0 fully saturated rings. The zero-order valence-corrected chi connectivity index (χ0v) is 9.75. The van der Waals surface area contributed by atoms with Crippen LogP contribution in [0.5, 0.6) is 0 Å². The van der Waals surface area contributed by atoms with Crippen molar-refractivity contribution in [2.45, 2.75) is 0 Å². The molecule has 2 rings (SSSR count). The Morgan fingerprint density at radius 2 is 1.93 bits per heavy atom. The molecular formula is C8H3Cl3N2S. The number of pyridine rings is 1. The van der Waals surface area contributed by atoms with Gasteiger partial charge < -0.3 is 0 Å². The van der Waals surface area contributed by atoms with Crippen molar-refractivity contribution in [3.63, 3.8) is 0 Å². The molecule has 0 aliphatic heterocycles. The summed E-state index contributed by atoms with van der Waals surface area (Å²) < 4.78 is 3.96. The van der Waals surface area contributed by atoms with Crippen LogP contribution in [-0.4, -0.2) is 9.36 Å². The average Bonchev–Trinajstić information content (AvgIpc) is 2.64. The molecule has 14 heavy (non-hydrogen) atoms. The quantitative estimate of drug-likeness (QED) is 0.723. The zero-order chi connectivity index (χ0) is 10.1. The van der Waals surface area contributed by atoms with Gasteiger partial charge in [-0.2, -0.15) is 0 Å². The molecule has 6 heteroatoms. The van der Waals surface area contributed by atoms with Crippen LogP contribution < -0.4 is 0 Å². The fourth-order valence-corrected chi connectivity index (χ4v) is 2.21. The van der Waals surface area contributed by atoms with E-state index in [0.29, 0.717) is 15.7 Å². The maximum atomic E-state index is 5.97. The lowest BCUT2D eigenvalue weighted by atomic mass is 10.3. The highest BCUT2D eigenvalue weighted by Crippen LogP contribution is 2.33. The van der Waals surface area contributed by atoms with E-state index in [0.717, 1.165) is 4.88 Å². The fourth-order valence-electron chi connectivity index (χ4n) is 0.955. The number of hydrogen-bond acceptors (Lipinski definition) is 3. The molecule has 0 saturated carbocycles. The van der Waals surface area contributed by atoms with Crippen LogP contribution in [0.25, 0.3) is 10.6 Å². The maximum Gasteiger partial charge on any atom is 0.148 e. The van der Waals surface area contributed by atoms with Gasteiger partial charge in [0.1, 0.15) is 10.8 Å². The molecule has 0 atom stereocenters. The van der Waals surface area contributed by atoms with Gasteiger partial charge >= 0.3 is 0 Å². The zero-order valence-electron chi connectivity index (χ0n) is 6.67. The lowest BCUT2D eigenvalue weighted by Gasteiger charge is -2.01. The van der Waals surface area contributed by atoms with Gasteiger partial charge in [-0.25, -0.2) is 9.36 Å². The number of aromatic nitrogens is 2. The van der Waals surface area contributed by atoms with Crippen molar-refractivity contribution in [3.8, 4) is 10.6 Å². The van der Waals surface area contributed by atoms with Gasteiger partial charge in [0.25, 0.3) is 0 Å². The topological polar surface area (TPSA) is 25.8 Å². The second kappa shape index (κ2) is 4.03. The molecule has 2 heterocycles. The van der Waals surface area contributed by atoms with Crippen molar-refractivity contribution >= 4 is 46.3 Å². The lowest BCUT2D eigenvalue weighted by molar-refractivity contribution is 1.34. The molecule has 0 aromatic carbocycles. The Balaban J connectivity index is 2.60. The summed E-state index contributed by atoms with van der Waals surface area (Å²) in [6.07, 6.45) is 1.68. The second-order valence-corrected chi connectivity index (χ2v) is 4.47. The predicted molar refractivity (Wildman–Crippen MR) is 60.4 cm³/mol. The number of halogens is 3. The van der Waals surface area contributed by atoms with E-state index in [1.807, 2.05) is 6.07 Å². The molecule has 0 unspecified atom stereocenters. The molecule has 0 N–H and O–H groups in total. The maximum absolute atomic E-state index is 5.97. The summed E-state index contributed by atoms with van der Waals surface area (Å²) >= 11 is 18.8. The Bertz CT molecular complexity index is 456. The van der Waals surface area contributed by atoms with Crippen LogP contribution in [0.4, 0.5) is 0 Å². The normalized spacial score (nSPS) is 10.5. The first-order chi connectivity index (χ1) is 6.68. The van der Waals surface area contributed by atoms with Crippen LogP contribution in [0.2, 0.25) is 15.2 Å². The monoisotopic (exact) mass is 264 g/mol. The van der Waals surface area contributed by atoms with Crippen LogP contribution in [0.1, 0.15) is 0 Å². The van der Waals surface area contributed by atoms with Crippen LogP contribution in [0.15, 0.2) is 18.3 Å². The van der Waals surface area contributed by atoms with Gasteiger partial charge in [0.15, 0.2) is 0 Å². The van der Waals surface area contributed by atoms with Crippen molar-refractivity contribution in [1.29, 1.82) is 0 Å². The van der Waals surface area contributed by atoms with E-state index in [1.54, 1.807) is 12.3 Å². The predicted octanol–water partition coefficient (Wildman–Crippen LogP) is 4.17. The molecule has 0 amide bonds. The first kappa shape index (κ1) is 10.2. The summed E-state index contributed by atoms with van der Waals surface area (Å²) in [4.78, 5) is 4.96. The molecule has 0 aliphatic carbocycles. The Morgan fingerprint density at radius 3 is 2.57 bits per heavy atom. The Hall–Kier alpha value is -0.350. The van der Waals surface area contributed by atoms with E-state index in [-0.39, 0.29) is 5.15 Å². The minimum absolute atomic E-state index is 0.250. The minimum Gasteiger partial charge on any atom is -0.232 e. The molecular weight excluding hydrogens is 263 g/mol. The third-order valence-corrected chi connectivity index (χ3v) is 3.27. The molecule has 0 radical (unpaired) electrons. The SMILES string of the molecule is Clc1cc(Cl)c(-c2ccns2)nc1Cl. The minimum atomic E-state index is 0.250. The Kier molecular flexibility index (Phi) is 2.93. The van der Waals surface area contributed by atoms with E-state index in [9.17, 15) is 0 Å². The van der Waals surface area contributed by atoms with E-state index < -0.39 is 0 Å². The van der Waals surface area contributed by atoms with Gasteiger partial charge in [0.05, 0.1) is 14.9 Å². The highest BCUT2D eigenvalue weighted by Gasteiger charge is 2.10. The number of rotatable bonds is 1. The third kappa shape index (κ3) is 1.86. The first-order valence-electron chi connectivity index (χ1n) is 3.61. The van der Waals surface area contributed by atoms with Gasteiger partial charge in [-0.1, -0.05) is 34.8 Å². The van der Waals surface area contributed by atoms with Gasteiger partial charge in [-0.05, 0) is 23.7 Å². The summed E-state index contributed by atoms with van der Waals surface area (Å²) in [7, 11) is 0. The largest absolute Gasteiger partial charge is 0.232 e. The molecule has 0 spiro atoms. The molecule has 2 nitrogen and oxygen atoms in total. The standard InChI is InChI=1S/C8H3Cl3N2S/c9-4-3-5(10)8(11)13-7(4)6-1-2-12-14-6/h1-3H. The van der Waals surface area contributed by atoms with Crippen LogP contribution in [0.3, 0.4) is 0 Å². The Morgan fingerprint density at radius 1 is 1.14 bits per heavy atom. The van der Waals surface area contributed by atoms with Crippen molar-refractivity contribution in [1.82, 2.24) is 9.36 Å².